The molecule has 0 radical (unpaired) electrons. The molecule has 8 nitrogen and oxygen atoms in total. The Labute approximate surface area is 202 Å². The van der Waals surface area contributed by atoms with E-state index in [1.807, 2.05) is 29.7 Å². The summed E-state index contributed by atoms with van der Waals surface area (Å²) >= 11 is 6.24. The monoisotopic (exact) mass is 476 g/mol. The second-order valence-electron chi connectivity index (χ2n) is 8.74. The number of hydrogen-bond acceptors (Lipinski definition) is 7. The molecule has 174 valence electrons. The van der Waals surface area contributed by atoms with Gasteiger partial charge in [-0.3, -0.25) is 10.1 Å². The third-order valence-electron chi connectivity index (χ3n) is 6.69. The summed E-state index contributed by atoms with van der Waals surface area (Å²) in [6.07, 6.45) is 4.77. The fourth-order valence-corrected chi connectivity index (χ4v) is 5.10. The van der Waals surface area contributed by atoms with E-state index < -0.39 is 0 Å². The molecule has 34 heavy (non-hydrogen) atoms. The van der Waals surface area contributed by atoms with Crippen LogP contribution in [0.4, 0.5) is 0 Å². The van der Waals surface area contributed by atoms with Gasteiger partial charge in [-0.15, -0.1) is 5.92 Å². The zero-order valence-electron chi connectivity index (χ0n) is 18.8. The molecular weight excluding hydrogens is 452 g/mol. The standard InChI is InChI=1S/C25H25ClN6O2/c1-14-18-12-16(26)7-10-20(18)34-24(14)23-21-22(19(13-33)29-30-25(21)28)31-32(23)17-8-5-15(6-9-17)4-2-3-11-27/h7,10,12,15,17,29H,4-6,8-9,11,27H2,1H3,(H2,28,30). The third kappa shape index (κ3) is 3.78. The molecule has 1 aliphatic heterocycles. The lowest BCUT2D eigenvalue weighted by Crippen LogP contribution is -2.25. The minimum Gasteiger partial charge on any atom is -0.454 e. The average Bonchev–Trinajstić information content (AvgIpc) is 3.39. The molecule has 5 rings (SSSR count). The second-order valence-corrected chi connectivity index (χ2v) is 9.17. The van der Waals surface area contributed by atoms with Crippen LogP contribution in [0.3, 0.4) is 0 Å². The van der Waals surface area contributed by atoms with E-state index in [9.17, 15) is 4.79 Å². The van der Waals surface area contributed by atoms with Crippen LogP contribution in [0.25, 0.3) is 28.1 Å². The van der Waals surface area contributed by atoms with Crippen LogP contribution in [-0.4, -0.2) is 28.1 Å². The van der Waals surface area contributed by atoms with Crippen molar-refractivity contribution >= 4 is 40.0 Å². The molecule has 3 heterocycles. The molecule has 1 saturated carbocycles. The van der Waals surface area contributed by atoms with Crippen LogP contribution >= 0.6 is 11.6 Å². The number of nitrogens with one attached hydrogen (secondary N) is 1. The van der Waals surface area contributed by atoms with Gasteiger partial charge >= 0.3 is 0 Å². The lowest BCUT2D eigenvalue weighted by Gasteiger charge is -2.28. The van der Waals surface area contributed by atoms with Gasteiger partial charge in [0.1, 0.15) is 17.0 Å². The number of amidine groups is 1. The minimum atomic E-state index is 0.121. The molecule has 1 aromatic carbocycles. The van der Waals surface area contributed by atoms with E-state index in [1.165, 1.54) is 0 Å². The Morgan fingerprint density at radius 3 is 2.79 bits per heavy atom. The van der Waals surface area contributed by atoms with Crippen LogP contribution in [0.1, 0.15) is 55.0 Å². The summed E-state index contributed by atoms with van der Waals surface area (Å²) in [7, 11) is 0. The molecule has 0 saturated heterocycles. The first-order chi connectivity index (χ1) is 16.5. The van der Waals surface area contributed by atoms with E-state index in [1.54, 1.807) is 6.07 Å². The van der Waals surface area contributed by atoms with E-state index in [4.69, 9.17) is 32.6 Å². The van der Waals surface area contributed by atoms with Crippen molar-refractivity contribution in [3.05, 3.63) is 40.0 Å². The quantitative estimate of drug-likeness (QED) is 0.390. The summed E-state index contributed by atoms with van der Waals surface area (Å²) < 4.78 is 8.28. The summed E-state index contributed by atoms with van der Waals surface area (Å²) in [5.74, 6) is 9.47. The van der Waals surface area contributed by atoms with Crippen molar-refractivity contribution in [3.63, 3.8) is 0 Å². The molecule has 0 unspecified atom stereocenters. The van der Waals surface area contributed by atoms with E-state index >= 15 is 0 Å². The number of rotatable bonds is 3. The van der Waals surface area contributed by atoms with Gasteiger partial charge < -0.3 is 15.9 Å². The van der Waals surface area contributed by atoms with Gasteiger partial charge in [0.05, 0.1) is 18.2 Å². The number of furan rings is 1. The number of hydrazone groups is 1. The van der Waals surface area contributed by atoms with Crippen molar-refractivity contribution in [1.82, 2.24) is 15.2 Å². The fraction of sp³-hybridized carbons (Fsp3) is 0.360. The van der Waals surface area contributed by atoms with E-state index in [-0.39, 0.29) is 17.6 Å². The van der Waals surface area contributed by atoms with Crippen LogP contribution in [0.2, 0.25) is 5.02 Å². The molecule has 0 spiro atoms. The van der Waals surface area contributed by atoms with Crippen molar-refractivity contribution in [2.45, 2.75) is 45.1 Å². The largest absolute Gasteiger partial charge is 0.454 e. The average molecular weight is 477 g/mol. The van der Waals surface area contributed by atoms with Gasteiger partial charge in [0.25, 0.3) is 0 Å². The highest BCUT2D eigenvalue weighted by molar-refractivity contribution is 6.31. The minimum absolute atomic E-state index is 0.121. The van der Waals surface area contributed by atoms with Crippen LogP contribution in [0, 0.1) is 24.7 Å². The number of nitrogens with zero attached hydrogens (tertiary/aromatic N) is 3. The Morgan fingerprint density at radius 1 is 1.26 bits per heavy atom. The van der Waals surface area contributed by atoms with Crippen LogP contribution in [0.5, 0.6) is 0 Å². The molecule has 5 N–H and O–H groups in total. The number of hydrogen-bond donors (Lipinski definition) is 3. The van der Waals surface area contributed by atoms with Gasteiger partial charge in [-0.2, -0.15) is 10.2 Å². The normalized spacial score (nSPS) is 19.6. The van der Waals surface area contributed by atoms with Crippen LogP contribution in [0.15, 0.2) is 27.7 Å². The maximum Gasteiger partial charge on any atom is 0.169 e. The van der Waals surface area contributed by atoms with Gasteiger partial charge in [0.2, 0.25) is 0 Å². The van der Waals surface area contributed by atoms with Crippen molar-refractivity contribution in [1.29, 1.82) is 0 Å². The number of fused-ring (bicyclic) bond motifs is 2. The Hall–Kier alpha value is -3.50. The highest BCUT2D eigenvalue weighted by Crippen LogP contribution is 2.42. The molecule has 0 amide bonds. The summed E-state index contributed by atoms with van der Waals surface area (Å²) in [6.45, 7) is 2.38. The number of halogens is 1. The van der Waals surface area contributed by atoms with Crippen molar-refractivity contribution in [2.24, 2.45) is 22.5 Å². The first kappa shape index (κ1) is 22.3. The number of benzene rings is 1. The molecule has 0 bridgehead atoms. The lowest BCUT2D eigenvalue weighted by molar-refractivity contribution is 0.264. The number of nitrogens with two attached hydrogens (primary N) is 2. The summed E-state index contributed by atoms with van der Waals surface area (Å²) in [6, 6.07) is 5.65. The molecule has 3 aromatic rings. The Morgan fingerprint density at radius 2 is 2.06 bits per heavy atom. The van der Waals surface area contributed by atoms with Crippen LogP contribution in [-0.2, 0) is 4.79 Å². The summed E-state index contributed by atoms with van der Waals surface area (Å²) in [5.41, 5.74) is 18.0. The molecular formula is C25H25ClN6O2. The van der Waals surface area contributed by atoms with Crippen molar-refractivity contribution in [2.75, 3.05) is 6.54 Å². The third-order valence-corrected chi connectivity index (χ3v) is 6.92. The maximum absolute atomic E-state index is 11.6. The van der Waals surface area contributed by atoms with E-state index in [0.29, 0.717) is 34.5 Å². The number of aromatic nitrogens is 2. The highest BCUT2D eigenvalue weighted by atomic mass is 35.5. The number of aryl methyl sites for hydroxylation is 1. The lowest BCUT2D eigenvalue weighted by atomic mass is 9.84. The maximum atomic E-state index is 11.6. The smallest absolute Gasteiger partial charge is 0.169 e. The van der Waals surface area contributed by atoms with Gasteiger partial charge in [-0.1, -0.05) is 17.5 Å². The second kappa shape index (κ2) is 9.03. The molecule has 1 aliphatic carbocycles. The Bertz CT molecular complexity index is 1410. The van der Waals surface area contributed by atoms with Gasteiger partial charge in [0.15, 0.2) is 23.2 Å². The van der Waals surface area contributed by atoms with Crippen molar-refractivity contribution in [3.8, 4) is 23.3 Å². The zero-order chi connectivity index (χ0) is 23.8. The molecule has 2 aromatic heterocycles. The molecule has 0 atom stereocenters. The molecule has 2 aliphatic rings. The number of carbonyl (C=O) groups excluding carboxylic acids is 1. The van der Waals surface area contributed by atoms with E-state index in [0.717, 1.165) is 54.3 Å². The van der Waals surface area contributed by atoms with Gasteiger partial charge in [-0.25, -0.2) is 4.79 Å². The first-order valence-electron chi connectivity index (χ1n) is 11.3. The predicted octanol–water partition coefficient (Wildman–Crippen LogP) is 3.74. The van der Waals surface area contributed by atoms with Gasteiger partial charge in [0, 0.05) is 22.4 Å². The fourth-order valence-electron chi connectivity index (χ4n) is 4.93. The Balaban J connectivity index is 1.62. The first-order valence-corrected chi connectivity index (χ1v) is 11.7. The zero-order valence-corrected chi connectivity index (χ0v) is 19.6. The van der Waals surface area contributed by atoms with Crippen molar-refractivity contribution < 1.29 is 9.21 Å². The van der Waals surface area contributed by atoms with E-state index in [2.05, 4.69) is 22.4 Å². The SMILES string of the molecule is Cc1c(-c2c3c(nn2C2CCC(CC#CCN)CC2)C(=C=O)NN=C3N)oc2ccc(Cl)cc12. The summed E-state index contributed by atoms with van der Waals surface area (Å²) in [5, 5.41) is 10.5. The summed E-state index contributed by atoms with van der Waals surface area (Å²) in [4.78, 5) is 11.6. The Kier molecular flexibility index (Phi) is 5.93. The predicted molar refractivity (Wildman–Crippen MR) is 133 cm³/mol. The van der Waals surface area contributed by atoms with Crippen LogP contribution < -0.4 is 16.9 Å². The van der Waals surface area contributed by atoms with Gasteiger partial charge in [-0.05, 0) is 56.7 Å². The molecule has 1 fully saturated rings. The topological polar surface area (TPSA) is 124 Å². The molecule has 9 heteroatoms. The highest BCUT2D eigenvalue weighted by Gasteiger charge is 2.34.